The number of rotatable bonds is 1. The largest absolute Gasteiger partial charge is 0.423 e. The molecule has 0 fully saturated rings. The van der Waals surface area contributed by atoms with Crippen molar-refractivity contribution in [3.63, 3.8) is 0 Å². The quantitative estimate of drug-likeness (QED) is 0.722. The van der Waals surface area contributed by atoms with Crippen LogP contribution in [0.3, 0.4) is 0 Å². The first kappa shape index (κ1) is 11.5. The lowest BCUT2D eigenvalue weighted by Crippen LogP contribution is -2.24. The highest BCUT2D eigenvalue weighted by Crippen LogP contribution is 2.15. The lowest BCUT2D eigenvalue weighted by atomic mass is 10.2. The summed E-state index contributed by atoms with van der Waals surface area (Å²) in [6, 6.07) is 4.68. The molecule has 0 saturated heterocycles. The minimum atomic E-state index is -0.715. The Morgan fingerprint density at radius 3 is 2.88 bits per heavy atom. The van der Waals surface area contributed by atoms with Crippen molar-refractivity contribution in [3.8, 4) is 11.8 Å². The van der Waals surface area contributed by atoms with Gasteiger partial charge in [0, 0.05) is 5.02 Å². The fraction of sp³-hybridized carbons (Fsp3) is 0.167. The standard InChI is InChI=1S/C12H8ClNO3/c1-2-3-6-14-10-5-4-8(13)7-9(10)11(15)17-12(14)16/h4-5,7H,6H2,1H3. The molecule has 0 aliphatic rings. The zero-order valence-electron chi connectivity index (χ0n) is 8.99. The van der Waals surface area contributed by atoms with Gasteiger partial charge in [-0.05, 0) is 25.1 Å². The van der Waals surface area contributed by atoms with Gasteiger partial charge in [-0.3, -0.25) is 4.57 Å². The number of fused-ring (bicyclic) bond motifs is 1. The molecule has 0 radical (unpaired) electrons. The highest BCUT2D eigenvalue weighted by molar-refractivity contribution is 6.31. The Hall–Kier alpha value is -1.99. The van der Waals surface area contributed by atoms with E-state index in [2.05, 4.69) is 16.3 Å². The molecule has 0 saturated carbocycles. The second kappa shape index (κ2) is 4.48. The highest BCUT2D eigenvalue weighted by Gasteiger charge is 2.08. The van der Waals surface area contributed by atoms with Crippen molar-refractivity contribution in [2.24, 2.45) is 0 Å². The Bertz CT molecular complexity index is 746. The SMILES string of the molecule is CC#CCn1c(=O)oc(=O)c2cc(Cl)ccc21. The summed E-state index contributed by atoms with van der Waals surface area (Å²) in [5.74, 6) is 4.71. The van der Waals surface area contributed by atoms with Gasteiger partial charge in [0.2, 0.25) is 0 Å². The normalized spacial score (nSPS) is 10.0. The third kappa shape index (κ3) is 2.10. The minimum absolute atomic E-state index is 0.178. The van der Waals surface area contributed by atoms with Gasteiger partial charge >= 0.3 is 11.4 Å². The van der Waals surface area contributed by atoms with Gasteiger partial charge in [-0.15, -0.1) is 5.92 Å². The van der Waals surface area contributed by atoms with Crippen LogP contribution < -0.4 is 11.4 Å². The maximum absolute atomic E-state index is 11.5. The molecule has 2 rings (SSSR count). The molecule has 5 heteroatoms. The van der Waals surface area contributed by atoms with Gasteiger partial charge in [-0.25, -0.2) is 9.59 Å². The molecule has 0 spiro atoms. The Labute approximate surface area is 101 Å². The van der Waals surface area contributed by atoms with Gasteiger partial charge in [-0.1, -0.05) is 17.5 Å². The molecule has 0 aliphatic heterocycles. The third-order valence-corrected chi connectivity index (χ3v) is 2.52. The van der Waals surface area contributed by atoms with E-state index in [1.807, 2.05) is 0 Å². The van der Waals surface area contributed by atoms with Crippen LogP contribution in [0.2, 0.25) is 5.02 Å². The summed E-state index contributed by atoms with van der Waals surface area (Å²) < 4.78 is 5.89. The second-order valence-corrected chi connectivity index (χ2v) is 3.77. The lowest BCUT2D eigenvalue weighted by molar-refractivity contribution is 0.427. The second-order valence-electron chi connectivity index (χ2n) is 3.33. The molecule has 0 amide bonds. The minimum Gasteiger partial charge on any atom is -0.372 e. The zero-order valence-corrected chi connectivity index (χ0v) is 9.75. The average molecular weight is 250 g/mol. The van der Waals surface area contributed by atoms with E-state index in [1.54, 1.807) is 19.1 Å². The Morgan fingerprint density at radius 1 is 1.41 bits per heavy atom. The van der Waals surface area contributed by atoms with E-state index in [4.69, 9.17) is 11.6 Å². The van der Waals surface area contributed by atoms with Crippen LogP contribution in [0.5, 0.6) is 0 Å². The molecular formula is C12H8ClNO3. The van der Waals surface area contributed by atoms with Crippen molar-refractivity contribution in [2.75, 3.05) is 0 Å². The van der Waals surface area contributed by atoms with Crippen LogP contribution in [0.25, 0.3) is 10.9 Å². The monoisotopic (exact) mass is 249 g/mol. The molecule has 0 N–H and O–H groups in total. The van der Waals surface area contributed by atoms with Crippen molar-refractivity contribution in [1.82, 2.24) is 4.57 Å². The predicted molar refractivity (Wildman–Crippen MR) is 65.2 cm³/mol. The molecule has 4 nitrogen and oxygen atoms in total. The topological polar surface area (TPSA) is 52.2 Å². The van der Waals surface area contributed by atoms with Crippen molar-refractivity contribution in [2.45, 2.75) is 13.5 Å². The molecule has 0 bridgehead atoms. The van der Waals surface area contributed by atoms with Crippen LogP contribution in [0.1, 0.15) is 6.92 Å². The average Bonchev–Trinajstić information content (AvgIpc) is 2.29. The molecule has 1 aromatic heterocycles. The van der Waals surface area contributed by atoms with Crippen LogP contribution >= 0.6 is 11.6 Å². The zero-order chi connectivity index (χ0) is 12.4. The summed E-state index contributed by atoms with van der Waals surface area (Å²) in [6.07, 6.45) is 0. The predicted octanol–water partition coefficient (Wildman–Crippen LogP) is 1.63. The number of nitrogens with zero attached hydrogens (tertiary/aromatic N) is 1. The molecule has 86 valence electrons. The van der Waals surface area contributed by atoms with Crippen molar-refractivity contribution < 1.29 is 4.42 Å². The fourth-order valence-electron chi connectivity index (χ4n) is 1.50. The van der Waals surface area contributed by atoms with Gasteiger partial charge in [0.25, 0.3) is 0 Å². The first-order valence-electron chi connectivity index (χ1n) is 4.86. The van der Waals surface area contributed by atoms with E-state index in [1.165, 1.54) is 10.6 Å². The van der Waals surface area contributed by atoms with E-state index >= 15 is 0 Å². The summed E-state index contributed by atoms with van der Waals surface area (Å²) in [7, 11) is 0. The maximum atomic E-state index is 11.5. The van der Waals surface area contributed by atoms with E-state index in [0.29, 0.717) is 10.5 Å². The molecule has 1 heterocycles. The Morgan fingerprint density at radius 2 is 2.18 bits per heavy atom. The van der Waals surface area contributed by atoms with Gasteiger partial charge in [-0.2, -0.15) is 0 Å². The van der Waals surface area contributed by atoms with Gasteiger partial charge in [0.1, 0.15) is 0 Å². The molecule has 1 aromatic carbocycles. The van der Waals surface area contributed by atoms with Crippen LogP contribution in [0.15, 0.2) is 32.2 Å². The van der Waals surface area contributed by atoms with E-state index < -0.39 is 11.4 Å². The molecular weight excluding hydrogens is 242 g/mol. The number of hydrogen-bond donors (Lipinski definition) is 0. The van der Waals surface area contributed by atoms with Crippen molar-refractivity contribution in [3.05, 3.63) is 44.2 Å². The smallest absolute Gasteiger partial charge is 0.372 e. The summed E-state index contributed by atoms with van der Waals surface area (Å²) in [4.78, 5) is 23.0. The Kier molecular flexibility index (Phi) is 3.03. The molecule has 0 aliphatic carbocycles. The third-order valence-electron chi connectivity index (χ3n) is 2.28. The van der Waals surface area contributed by atoms with Crippen LogP contribution in [0, 0.1) is 11.8 Å². The Balaban J connectivity index is 2.86. The van der Waals surface area contributed by atoms with E-state index in [-0.39, 0.29) is 11.9 Å². The van der Waals surface area contributed by atoms with Crippen LogP contribution in [-0.2, 0) is 6.54 Å². The number of halogens is 1. The summed E-state index contributed by atoms with van der Waals surface area (Å²) in [5.41, 5.74) is -0.216. The van der Waals surface area contributed by atoms with Crippen LogP contribution in [-0.4, -0.2) is 4.57 Å². The number of benzene rings is 1. The van der Waals surface area contributed by atoms with E-state index in [0.717, 1.165) is 0 Å². The first-order valence-corrected chi connectivity index (χ1v) is 5.24. The first-order chi connectivity index (χ1) is 8.13. The van der Waals surface area contributed by atoms with Crippen molar-refractivity contribution >= 4 is 22.5 Å². The summed E-state index contributed by atoms with van der Waals surface area (Å²) >= 11 is 5.79. The van der Waals surface area contributed by atoms with E-state index in [9.17, 15) is 9.59 Å². The van der Waals surface area contributed by atoms with Gasteiger partial charge < -0.3 is 4.42 Å². The molecule has 17 heavy (non-hydrogen) atoms. The number of hydrogen-bond acceptors (Lipinski definition) is 3. The number of aromatic nitrogens is 1. The van der Waals surface area contributed by atoms with Crippen LogP contribution in [0.4, 0.5) is 0 Å². The van der Waals surface area contributed by atoms with Crippen molar-refractivity contribution in [1.29, 1.82) is 0 Å². The molecule has 0 atom stereocenters. The fourth-order valence-corrected chi connectivity index (χ4v) is 1.67. The lowest BCUT2D eigenvalue weighted by Gasteiger charge is -2.04. The molecule has 2 aromatic rings. The van der Waals surface area contributed by atoms with Gasteiger partial charge in [0.15, 0.2) is 0 Å². The van der Waals surface area contributed by atoms with Gasteiger partial charge in [0.05, 0.1) is 17.4 Å². The summed E-state index contributed by atoms with van der Waals surface area (Å²) in [6.45, 7) is 1.85. The maximum Gasteiger partial charge on any atom is 0.423 e. The molecule has 0 unspecified atom stereocenters. The highest BCUT2D eigenvalue weighted by atomic mass is 35.5. The summed E-state index contributed by atoms with van der Waals surface area (Å²) in [5, 5.41) is 0.687.